The van der Waals surface area contributed by atoms with Crippen LogP contribution in [0.2, 0.25) is 0 Å². The van der Waals surface area contributed by atoms with Gasteiger partial charge in [-0.1, -0.05) is 6.07 Å². The number of benzene rings is 1. The van der Waals surface area contributed by atoms with Gasteiger partial charge in [-0.05, 0) is 46.6 Å². The number of aryl methyl sites for hydroxylation is 1. The Morgan fingerprint density at radius 3 is 2.43 bits per heavy atom. The van der Waals surface area contributed by atoms with Gasteiger partial charge < -0.3 is 4.74 Å². The average molecular weight is 495 g/mol. The molecule has 0 aliphatic heterocycles. The van der Waals surface area contributed by atoms with Gasteiger partial charge in [-0.25, -0.2) is 18.1 Å². The van der Waals surface area contributed by atoms with Crippen LogP contribution < -0.4 is 16.0 Å². The molecule has 0 amide bonds. The fourth-order valence-corrected chi connectivity index (χ4v) is 4.72. The molecule has 0 atom stereocenters. The maximum Gasteiger partial charge on any atom is 0.338 e. The normalized spacial score (nSPS) is 11.2. The Morgan fingerprint density at radius 2 is 1.83 bits per heavy atom. The predicted octanol–water partition coefficient (Wildman–Crippen LogP) is 3.41. The molecular weight excluding hydrogens is 482 g/mol. The van der Waals surface area contributed by atoms with E-state index in [0.717, 1.165) is 32.6 Å². The van der Waals surface area contributed by atoms with Crippen LogP contribution in [0.1, 0.15) is 11.1 Å². The lowest BCUT2D eigenvalue weighted by molar-refractivity contribution is 0.391. The zero-order valence-electron chi connectivity index (χ0n) is 15.6. The summed E-state index contributed by atoms with van der Waals surface area (Å²) in [5, 5.41) is 7.94. The highest BCUT2D eigenvalue weighted by atomic mass is 79.9. The molecule has 7 nitrogen and oxygen atoms in total. The van der Waals surface area contributed by atoms with Crippen LogP contribution >= 0.6 is 27.3 Å². The molecule has 0 saturated carbocycles. The molecule has 0 bridgehead atoms. The third kappa shape index (κ3) is 3.23. The number of fused-ring (bicyclic) bond motifs is 1. The Labute approximate surface area is 180 Å². The van der Waals surface area contributed by atoms with Gasteiger partial charge in [0.05, 0.1) is 22.8 Å². The Hall–Kier alpha value is -2.92. The van der Waals surface area contributed by atoms with Crippen molar-refractivity contribution < 1.29 is 13.5 Å². The molecular formula is C19H13BrF2N4O3S. The molecule has 0 unspecified atom stereocenters. The molecule has 4 aromatic rings. The second-order valence-corrected chi connectivity index (χ2v) is 8.64. The monoisotopic (exact) mass is 494 g/mol. The van der Waals surface area contributed by atoms with Crippen LogP contribution in [0.3, 0.4) is 0 Å². The molecule has 11 heteroatoms. The summed E-state index contributed by atoms with van der Waals surface area (Å²) in [6, 6.07) is 6.33. The maximum atomic E-state index is 14.3. The summed E-state index contributed by atoms with van der Waals surface area (Å²) in [5.74, 6) is -1.40. The minimum absolute atomic E-state index is 0.0304. The maximum absolute atomic E-state index is 14.3. The first kappa shape index (κ1) is 20.4. The first-order valence-corrected chi connectivity index (χ1v) is 10.2. The number of nitrogens with zero attached hydrogens (tertiary/aromatic N) is 4. The van der Waals surface area contributed by atoms with Crippen LogP contribution in [-0.4, -0.2) is 26.4 Å². The van der Waals surface area contributed by atoms with Crippen molar-refractivity contribution in [1.82, 2.24) is 19.3 Å². The lowest BCUT2D eigenvalue weighted by Gasteiger charge is -2.13. The summed E-state index contributed by atoms with van der Waals surface area (Å²) in [5.41, 5.74) is -1.06. The van der Waals surface area contributed by atoms with Crippen LogP contribution in [0.5, 0.6) is 5.88 Å². The quantitative estimate of drug-likeness (QED) is 0.434. The average Bonchev–Trinajstić information content (AvgIpc) is 3.02. The SMILES string of the molecule is COc1ccc(-n2c(=O)c3c(C)c(Br)sc3n(Cc3c(F)cccc3F)c2=O)nn1. The van der Waals surface area contributed by atoms with Crippen LogP contribution in [-0.2, 0) is 6.54 Å². The van der Waals surface area contributed by atoms with Gasteiger partial charge in [-0.2, -0.15) is 0 Å². The van der Waals surface area contributed by atoms with Crippen LogP contribution in [0.25, 0.3) is 16.0 Å². The van der Waals surface area contributed by atoms with Crippen LogP contribution in [0, 0.1) is 18.6 Å². The lowest BCUT2D eigenvalue weighted by atomic mass is 10.2. The number of halogens is 3. The molecule has 0 spiro atoms. The van der Waals surface area contributed by atoms with Crippen LogP contribution in [0.15, 0.2) is 43.7 Å². The van der Waals surface area contributed by atoms with E-state index in [2.05, 4.69) is 26.1 Å². The molecule has 154 valence electrons. The summed E-state index contributed by atoms with van der Waals surface area (Å²) >= 11 is 4.52. The zero-order chi connectivity index (χ0) is 21.6. The van der Waals surface area contributed by atoms with Crippen molar-refractivity contribution in [3.63, 3.8) is 0 Å². The van der Waals surface area contributed by atoms with Crippen molar-refractivity contribution in [3.05, 3.63) is 77.7 Å². The standard InChI is InChI=1S/C19H13BrF2N4O3S/c1-9-15-17(27)26(13-6-7-14(29-2)24-23-13)19(28)25(18(15)30-16(9)20)8-10-11(21)4-3-5-12(10)22/h3-7H,8H2,1-2H3. The Balaban J connectivity index is 2.05. The third-order valence-corrected chi connectivity index (χ3v) is 6.78. The van der Waals surface area contributed by atoms with Gasteiger partial charge >= 0.3 is 5.69 Å². The Bertz CT molecular complexity index is 1380. The minimum atomic E-state index is -0.789. The summed E-state index contributed by atoms with van der Waals surface area (Å²) in [4.78, 5) is 26.7. The number of ether oxygens (including phenoxy) is 1. The van der Waals surface area contributed by atoms with Crippen LogP contribution in [0.4, 0.5) is 8.78 Å². The molecule has 0 N–H and O–H groups in total. The van der Waals surface area contributed by atoms with E-state index >= 15 is 0 Å². The highest BCUT2D eigenvalue weighted by Crippen LogP contribution is 2.32. The van der Waals surface area contributed by atoms with Gasteiger partial charge in [0.2, 0.25) is 5.88 Å². The van der Waals surface area contributed by atoms with Gasteiger partial charge in [0.25, 0.3) is 5.56 Å². The summed E-state index contributed by atoms with van der Waals surface area (Å²) < 4.78 is 36.1. The van der Waals surface area contributed by atoms with E-state index in [9.17, 15) is 18.4 Å². The third-order valence-electron chi connectivity index (χ3n) is 4.60. The minimum Gasteiger partial charge on any atom is -0.480 e. The largest absolute Gasteiger partial charge is 0.480 e. The van der Waals surface area contributed by atoms with Crippen molar-refractivity contribution in [2.45, 2.75) is 13.5 Å². The molecule has 3 heterocycles. The summed E-state index contributed by atoms with van der Waals surface area (Å²) in [6.07, 6.45) is 0. The van der Waals surface area contributed by atoms with Crippen molar-refractivity contribution >= 4 is 37.5 Å². The first-order valence-electron chi connectivity index (χ1n) is 8.59. The summed E-state index contributed by atoms with van der Waals surface area (Å²) in [6.45, 7) is 1.32. The number of hydrogen-bond acceptors (Lipinski definition) is 6. The fraction of sp³-hybridized carbons (Fsp3) is 0.158. The Morgan fingerprint density at radius 1 is 1.13 bits per heavy atom. The molecule has 30 heavy (non-hydrogen) atoms. The highest BCUT2D eigenvalue weighted by Gasteiger charge is 2.22. The number of hydrogen-bond donors (Lipinski definition) is 0. The fourth-order valence-electron chi connectivity index (χ4n) is 3.04. The Kier molecular flexibility index (Phi) is 5.24. The van der Waals surface area contributed by atoms with E-state index in [0.29, 0.717) is 14.2 Å². The number of aromatic nitrogens is 4. The molecule has 0 fully saturated rings. The molecule has 0 aliphatic rings. The van der Waals surface area contributed by atoms with E-state index < -0.39 is 29.4 Å². The molecule has 0 saturated heterocycles. The number of rotatable bonds is 4. The molecule has 0 aliphatic carbocycles. The molecule has 1 aromatic carbocycles. The van der Waals surface area contributed by atoms with E-state index in [4.69, 9.17) is 4.74 Å². The molecule has 4 rings (SSSR count). The highest BCUT2D eigenvalue weighted by molar-refractivity contribution is 9.11. The lowest BCUT2D eigenvalue weighted by Crippen LogP contribution is -2.39. The van der Waals surface area contributed by atoms with Gasteiger partial charge in [0.15, 0.2) is 5.82 Å². The summed E-state index contributed by atoms with van der Waals surface area (Å²) in [7, 11) is 1.41. The van der Waals surface area contributed by atoms with Gasteiger partial charge in [-0.3, -0.25) is 9.36 Å². The van der Waals surface area contributed by atoms with E-state index in [1.54, 1.807) is 6.92 Å². The topological polar surface area (TPSA) is 79.0 Å². The molecule has 3 aromatic heterocycles. The zero-order valence-corrected chi connectivity index (χ0v) is 18.1. The molecule has 0 radical (unpaired) electrons. The van der Waals surface area contributed by atoms with Crippen molar-refractivity contribution in [3.8, 4) is 11.7 Å². The van der Waals surface area contributed by atoms with Crippen molar-refractivity contribution in [2.75, 3.05) is 7.11 Å². The smallest absolute Gasteiger partial charge is 0.338 e. The van der Waals surface area contributed by atoms with Gasteiger partial charge in [-0.15, -0.1) is 21.5 Å². The van der Waals surface area contributed by atoms with E-state index in [-0.39, 0.29) is 22.6 Å². The van der Waals surface area contributed by atoms with Gasteiger partial charge in [0, 0.05) is 11.6 Å². The van der Waals surface area contributed by atoms with E-state index in [1.165, 1.54) is 25.3 Å². The second kappa shape index (κ2) is 7.73. The first-order chi connectivity index (χ1) is 14.3. The van der Waals surface area contributed by atoms with E-state index in [1.807, 2.05) is 0 Å². The number of thiophene rings is 1. The van der Waals surface area contributed by atoms with Gasteiger partial charge in [0.1, 0.15) is 16.5 Å². The second-order valence-electron chi connectivity index (χ2n) is 6.32. The predicted molar refractivity (Wildman–Crippen MR) is 112 cm³/mol. The van der Waals surface area contributed by atoms with Crippen molar-refractivity contribution in [2.24, 2.45) is 0 Å². The number of methoxy groups -OCH3 is 1. The van der Waals surface area contributed by atoms with Crippen molar-refractivity contribution in [1.29, 1.82) is 0 Å².